The van der Waals surface area contributed by atoms with E-state index >= 15 is 0 Å². The molecule has 0 aliphatic carbocycles. The summed E-state index contributed by atoms with van der Waals surface area (Å²) in [6, 6.07) is 18.7. The van der Waals surface area contributed by atoms with Crippen LogP contribution < -0.4 is 19.5 Å². The summed E-state index contributed by atoms with van der Waals surface area (Å²) in [5.41, 5.74) is 2.50. The highest BCUT2D eigenvalue weighted by Gasteiger charge is 2.04. The van der Waals surface area contributed by atoms with Crippen LogP contribution in [0.15, 0.2) is 54.6 Å². The lowest BCUT2D eigenvalue weighted by atomic mass is 10.1. The standard InChI is InChI=1S/C22H25NO3/c1-24-20-8-7-18-12-17(4-6-19(18)14-20)15-23-11-10-16-5-9-21(25-2)22(13-16)26-3/h4-9,12-14,23H,10-11,15H2,1-3H3. The summed E-state index contributed by atoms with van der Waals surface area (Å²) in [6.07, 6.45) is 0.936. The van der Waals surface area contributed by atoms with Crippen LogP contribution >= 0.6 is 0 Å². The number of rotatable bonds is 8. The Kier molecular flexibility index (Phi) is 5.97. The summed E-state index contributed by atoms with van der Waals surface area (Å²) in [7, 11) is 5.01. The summed E-state index contributed by atoms with van der Waals surface area (Å²) in [4.78, 5) is 0. The molecule has 4 heteroatoms. The maximum Gasteiger partial charge on any atom is 0.160 e. The Balaban J connectivity index is 1.55. The van der Waals surface area contributed by atoms with Crippen LogP contribution in [0.1, 0.15) is 11.1 Å². The van der Waals surface area contributed by atoms with Gasteiger partial charge < -0.3 is 19.5 Å². The minimum atomic E-state index is 0.761. The van der Waals surface area contributed by atoms with Gasteiger partial charge in [0.05, 0.1) is 21.3 Å². The zero-order valence-electron chi connectivity index (χ0n) is 15.5. The molecule has 1 N–H and O–H groups in total. The van der Waals surface area contributed by atoms with E-state index in [1.807, 2.05) is 18.2 Å². The van der Waals surface area contributed by atoms with E-state index in [9.17, 15) is 0 Å². The fraction of sp³-hybridized carbons (Fsp3) is 0.273. The van der Waals surface area contributed by atoms with Gasteiger partial charge in [-0.1, -0.05) is 24.3 Å². The van der Waals surface area contributed by atoms with Crippen LogP contribution in [0, 0.1) is 0 Å². The van der Waals surface area contributed by atoms with E-state index in [0.717, 1.165) is 36.8 Å². The molecule has 3 aromatic carbocycles. The molecule has 3 aromatic rings. The number of nitrogens with one attached hydrogen (secondary N) is 1. The van der Waals surface area contributed by atoms with Crippen molar-refractivity contribution in [2.24, 2.45) is 0 Å². The van der Waals surface area contributed by atoms with Crippen LogP contribution in [0.5, 0.6) is 17.2 Å². The van der Waals surface area contributed by atoms with E-state index in [1.54, 1.807) is 21.3 Å². The van der Waals surface area contributed by atoms with Gasteiger partial charge in [-0.15, -0.1) is 0 Å². The Hall–Kier alpha value is -2.72. The maximum atomic E-state index is 5.36. The first-order chi connectivity index (χ1) is 12.7. The van der Waals surface area contributed by atoms with E-state index < -0.39 is 0 Å². The first-order valence-electron chi connectivity index (χ1n) is 8.72. The summed E-state index contributed by atoms with van der Waals surface area (Å²) in [6.45, 7) is 1.74. The molecule has 0 spiro atoms. The van der Waals surface area contributed by atoms with Crippen LogP contribution in [-0.4, -0.2) is 27.9 Å². The smallest absolute Gasteiger partial charge is 0.160 e. The van der Waals surface area contributed by atoms with Gasteiger partial charge in [0.2, 0.25) is 0 Å². The zero-order valence-corrected chi connectivity index (χ0v) is 15.5. The third kappa shape index (κ3) is 4.27. The van der Waals surface area contributed by atoms with E-state index in [1.165, 1.54) is 21.9 Å². The van der Waals surface area contributed by atoms with Crippen LogP contribution in [0.25, 0.3) is 10.8 Å². The minimum absolute atomic E-state index is 0.761. The lowest BCUT2D eigenvalue weighted by molar-refractivity contribution is 0.354. The molecule has 0 saturated carbocycles. The molecule has 0 unspecified atom stereocenters. The SMILES string of the molecule is COc1ccc2cc(CNCCc3ccc(OC)c(OC)c3)ccc2c1. The van der Waals surface area contributed by atoms with Gasteiger partial charge in [-0.05, 0) is 65.2 Å². The van der Waals surface area contributed by atoms with Crippen LogP contribution in [0.3, 0.4) is 0 Å². The number of hydrogen-bond donors (Lipinski definition) is 1. The van der Waals surface area contributed by atoms with Gasteiger partial charge >= 0.3 is 0 Å². The Bertz CT molecular complexity index is 876. The van der Waals surface area contributed by atoms with Crippen molar-refractivity contribution in [3.63, 3.8) is 0 Å². The van der Waals surface area contributed by atoms with E-state index in [0.29, 0.717) is 0 Å². The zero-order chi connectivity index (χ0) is 18.4. The molecule has 0 bridgehead atoms. The first kappa shape index (κ1) is 18.1. The lowest BCUT2D eigenvalue weighted by Crippen LogP contribution is -2.16. The molecule has 0 amide bonds. The molecule has 4 nitrogen and oxygen atoms in total. The van der Waals surface area contributed by atoms with Gasteiger partial charge in [-0.25, -0.2) is 0 Å². The van der Waals surface area contributed by atoms with E-state index in [2.05, 4.69) is 41.7 Å². The second-order valence-electron chi connectivity index (χ2n) is 6.16. The van der Waals surface area contributed by atoms with Crippen molar-refractivity contribution in [2.75, 3.05) is 27.9 Å². The van der Waals surface area contributed by atoms with Gasteiger partial charge in [0, 0.05) is 6.54 Å². The van der Waals surface area contributed by atoms with Gasteiger partial charge in [-0.2, -0.15) is 0 Å². The van der Waals surface area contributed by atoms with Gasteiger partial charge in [0.1, 0.15) is 5.75 Å². The predicted molar refractivity (Wildman–Crippen MR) is 105 cm³/mol. The van der Waals surface area contributed by atoms with Crippen LogP contribution in [0.4, 0.5) is 0 Å². The number of benzene rings is 3. The van der Waals surface area contributed by atoms with Crippen molar-refractivity contribution in [2.45, 2.75) is 13.0 Å². The average molecular weight is 351 g/mol. The van der Waals surface area contributed by atoms with Crippen molar-refractivity contribution >= 4 is 10.8 Å². The molecule has 0 radical (unpaired) electrons. The molecule has 26 heavy (non-hydrogen) atoms. The molecular weight excluding hydrogens is 326 g/mol. The third-order valence-electron chi connectivity index (χ3n) is 4.48. The third-order valence-corrected chi connectivity index (χ3v) is 4.48. The molecule has 0 fully saturated rings. The van der Waals surface area contributed by atoms with Crippen molar-refractivity contribution in [3.05, 3.63) is 65.7 Å². The molecule has 136 valence electrons. The molecule has 0 saturated heterocycles. The number of fused-ring (bicyclic) bond motifs is 1. The molecule has 0 heterocycles. The Morgan fingerprint density at radius 1 is 0.692 bits per heavy atom. The highest BCUT2D eigenvalue weighted by atomic mass is 16.5. The second-order valence-corrected chi connectivity index (χ2v) is 6.16. The highest BCUT2D eigenvalue weighted by molar-refractivity contribution is 5.84. The van der Waals surface area contributed by atoms with Crippen molar-refractivity contribution < 1.29 is 14.2 Å². The number of ether oxygens (including phenoxy) is 3. The molecule has 0 atom stereocenters. The Morgan fingerprint density at radius 2 is 1.42 bits per heavy atom. The highest BCUT2D eigenvalue weighted by Crippen LogP contribution is 2.27. The normalized spacial score (nSPS) is 10.7. The topological polar surface area (TPSA) is 39.7 Å². The number of methoxy groups -OCH3 is 3. The molecule has 0 aliphatic rings. The fourth-order valence-electron chi connectivity index (χ4n) is 3.01. The molecule has 3 rings (SSSR count). The van der Waals surface area contributed by atoms with Crippen molar-refractivity contribution in [3.8, 4) is 17.2 Å². The summed E-state index contributed by atoms with van der Waals surface area (Å²) in [5, 5.41) is 5.93. The van der Waals surface area contributed by atoms with Crippen molar-refractivity contribution in [1.29, 1.82) is 0 Å². The average Bonchev–Trinajstić information content (AvgIpc) is 2.70. The monoisotopic (exact) mass is 351 g/mol. The summed E-state index contributed by atoms with van der Waals surface area (Å²) >= 11 is 0. The molecular formula is C22H25NO3. The largest absolute Gasteiger partial charge is 0.497 e. The summed E-state index contributed by atoms with van der Waals surface area (Å²) in [5.74, 6) is 2.42. The minimum Gasteiger partial charge on any atom is -0.497 e. The quantitative estimate of drug-likeness (QED) is 0.618. The Morgan fingerprint density at radius 3 is 2.19 bits per heavy atom. The number of hydrogen-bond acceptors (Lipinski definition) is 4. The fourth-order valence-corrected chi connectivity index (χ4v) is 3.01. The van der Waals surface area contributed by atoms with Gasteiger partial charge in [0.15, 0.2) is 11.5 Å². The second kappa shape index (κ2) is 8.59. The first-order valence-corrected chi connectivity index (χ1v) is 8.72. The maximum absolute atomic E-state index is 5.36. The summed E-state index contributed by atoms with van der Waals surface area (Å²) < 4.78 is 15.9. The van der Waals surface area contributed by atoms with Crippen LogP contribution in [-0.2, 0) is 13.0 Å². The predicted octanol–water partition coefficient (Wildman–Crippen LogP) is 4.20. The Labute approximate surface area is 154 Å². The molecule has 0 aliphatic heterocycles. The lowest BCUT2D eigenvalue weighted by Gasteiger charge is -2.10. The van der Waals surface area contributed by atoms with E-state index in [-0.39, 0.29) is 0 Å². The van der Waals surface area contributed by atoms with Gasteiger partial charge in [-0.3, -0.25) is 0 Å². The van der Waals surface area contributed by atoms with Crippen molar-refractivity contribution in [1.82, 2.24) is 5.32 Å². The van der Waals surface area contributed by atoms with Crippen LogP contribution in [0.2, 0.25) is 0 Å². The van der Waals surface area contributed by atoms with Gasteiger partial charge in [0.25, 0.3) is 0 Å². The van der Waals surface area contributed by atoms with E-state index in [4.69, 9.17) is 14.2 Å². The molecule has 0 aromatic heterocycles.